The van der Waals surface area contributed by atoms with Gasteiger partial charge in [0.25, 0.3) is 0 Å². The number of likely N-dealkylation sites (tertiary alicyclic amines) is 1. The highest BCUT2D eigenvalue weighted by Gasteiger charge is 2.30. The van der Waals surface area contributed by atoms with Gasteiger partial charge in [-0.3, -0.25) is 9.18 Å². The van der Waals surface area contributed by atoms with Gasteiger partial charge in [-0.25, -0.2) is 0 Å². The van der Waals surface area contributed by atoms with Gasteiger partial charge in [0.1, 0.15) is 0 Å². The Labute approximate surface area is 136 Å². The molecular formula is C20H22FNO. The number of rotatable bonds is 4. The predicted octanol–water partition coefficient (Wildman–Crippen LogP) is 4.03. The van der Waals surface area contributed by atoms with Gasteiger partial charge in [-0.15, -0.1) is 0 Å². The van der Waals surface area contributed by atoms with Crippen molar-refractivity contribution in [2.75, 3.05) is 19.8 Å². The molecule has 0 atom stereocenters. The van der Waals surface area contributed by atoms with E-state index in [4.69, 9.17) is 0 Å². The average molecular weight is 311 g/mol. The number of benzene rings is 2. The molecule has 120 valence electrons. The lowest BCUT2D eigenvalue weighted by atomic mass is 9.88. The third-order valence-corrected chi connectivity index (χ3v) is 4.66. The van der Waals surface area contributed by atoms with E-state index in [1.807, 2.05) is 65.6 Å². The summed E-state index contributed by atoms with van der Waals surface area (Å²) in [5.41, 5.74) is 2.02. The van der Waals surface area contributed by atoms with Crippen LogP contribution in [0, 0.1) is 5.92 Å². The summed E-state index contributed by atoms with van der Waals surface area (Å²) in [6.07, 6.45) is 1.52. The van der Waals surface area contributed by atoms with Crippen LogP contribution < -0.4 is 0 Å². The van der Waals surface area contributed by atoms with Gasteiger partial charge in [-0.05, 0) is 29.9 Å². The molecule has 0 aromatic heterocycles. The van der Waals surface area contributed by atoms with E-state index in [0.717, 1.165) is 24.0 Å². The Morgan fingerprint density at radius 1 is 0.957 bits per heavy atom. The van der Waals surface area contributed by atoms with Crippen LogP contribution in [0.1, 0.15) is 29.9 Å². The normalized spacial score (nSPS) is 15.8. The molecule has 0 saturated carbocycles. The summed E-state index contributed by atoms with van der Waals surface area (Å²) >= 11 is 0. The minimum absolute atomic E-state index is 0.117. The van der Waals surface area contributed by atoms with Gasteiger partial charge >= 0.3 is 0 Å². The molecule has 0 radical (unpaired) electrons. The smallest absolute Gasteiger partial charge is 0.234 e. The lowest BCUT2D eigenvalue weighted by Gasteiger charge is -2.33. The van der Waals surface area contributed by atoms with Crippen molar-refractivity contribution >= 4 is 5.91 Å². The molecule has 1 saturated heterocycles. The quantitative estimate of drug-likeness (QED) is 0.835. The number of halogens is 1. The van der Waals surface area contributed by atoms with Gasteiger partial charge in [-0.2, -0.15) is 0 Å². The number of amides is 1. The number of carbonyl (C=O) groups excluding carboxylic acids is 1. The number of hydrogen-bond donors (Lipinski definition) is 0. The lowest BCUT2D eigenvalue weighted by Crippen LogP contribution is -2.41. The summed E-state index contributed by atoms with van der Waals surface area (Å²) in [5, 5.41) is 0. The maximum Gasteiger partial charge on any atom is 0.234 e. The highest BCUT2D eigenvalue weighted by atomic mass is 19.1. The third-order valence-electron chi connectivity index (χ3n) is 4.66. The number of piperidine rings is 1. The van der Waals surface area contributed by atoms with Crippen molar-refractivity contribution in [3.8, 4) is 0 Å². The fraction of sp³-hybridized carbons (Fsp3) is 0.350. The summed E-state index contributed by atoms with van der Waals surface area (Å²) in [6, 6.07) is 19.8. The van der Waals surface area contributed by atoms with Crippen LogP contribution in [0.2, 0.25) is 0 Å². The number of carbonyl (C=O) groups is 1. The van der Waals surface area contributed by atoms with Crippen molar-refractivity contribution in [2.24, 2.45) is 5.92 Å². The Hall–Kier alpha value is -2.16. The van der Waals surface area contributed by atoms with Crippen LogP contribution in [0.25, 0.3) is 0 Å². The van der Waals surface area contributed by atoms with Crippen molar-refractivity contribution in [2.45, 2.75) is 18.8 Å². The Balaban J connectivity index is 1.86. The van der Waals surface area contributed by atoms with Gasteiger partial charge in [0.15, 0.2) is 0 Å². The van der Waals surface area contributed by atoms with Gasteiger partial charge < -0.3 is 4.90 Å². The average Bonchev–Trinajstić information content (AvgIpc) is 2.64. The molecule has 2 aromatic rings. The minimum Gasteiger partial charge on any atom is -0.342 e. The summed E-state index contributed by atoms with van der Waals surface area (Å²) in [7, 11) is 0. The van der Waals surface area contributed by atoms with Gasteiger partial charge in [0.05, 0.1) is 12.6 Å². The molecule has 1 aliphatic rings. The van der Waals surface area contributed by atoms with Crippen LogP contribution in [0.5, 0.6) is 0 Å². The Morgan fingerprint density at radius 3 is 1.87 bits per heavy atom. The molecule has 1 heterocycles. The molecule has 0 unspecified atom stereocenters. The SMILES string of the molecule is O=C(C(c1ccccc1)c1ccccc1)N1CCC(CF)CC1. The predicted molar refractivity (Wildman–Crippen MR) is 90.0 cm³/mol. The van der Waals surface area contributed by atoms with Crippen molar-refractivity contribution in [1.29, 1.82) is 0 Å². The number of hydrogen-bond acceptors (Lipinski definition) is 1. The van der Waals surface area contributed by atoms with Crippen LogP contribution in [0.4, 0.5) is 4.39 Å². The zero-order valence-corrected chi connectivity index (χ0v) is 13.2. The first kappa shape index (κ1) is 15.7. The van der Waals surface area contributed by atoms with Crippen LogP contribution in [0.15, 0.2) is 60.7 Å². The first-order valence-corrected chi connectivity index (χ1v) is 8.24. The zero-order chi connectivity index (χ0) is 16.1. The second-order valence-corrected chi connectivity index (χ2v) is 6.18. The summed E-state index contributed by atoms with van der Waals surface area (Å²) in [4.78, 5) is 15.0. The van der Waals surface area contributed by atoms with E-state index in [-0.39, 0.29) is 24.4 Å². The van der Waals surface area contributed by atoms with Gasteiger partial charge in [0, 0.05) is 13.1 Å². The summed E-state index contributed by atoms with van der Waals surface area (Å²) in [5.74, 6) is -0.0371. The van der Waals surface area contributed by atoms with E-state index in [2.05, 4.69) is 0 Å². The van der Waals surface area contributed by atoms with Crippen molar-refractivity contribution < 1.29 is 9.18 Å². The molecule has 1 amide bonds. The molecule has 3 heteroatoms. The topological polar surface area (TPSA) is 20.3 Å². The second kappa shape index (κ2) is 7.40. The fourth-order valence-electron chi connectivity index (χ4n) is 3.26. The Kier molecular flexibility index (Phi) is 5.06. The van der Waals surface area contributed by atoms with Gasteiger partial charge in [0.2, 0.25) is 5.91 Å². The summed E-state index contributed by atoms with van der Waals surface area (Å²) in [6.45, 7) is 1.04. The molecule has 2 aromatic carbocycles. The second-order valence-electron chi connectivity index (χ2n) is 6.18. The van der Waals surface area contributed by atoms with Crippen molar-refractivity contribution in [3.05, 3.63) is 71.8 Å². The number of alkyl halides is 1. The first-order valence-electron chi connectivity index (χ1n) is 8.24. The molecule has 0 bridgehead atoms. The van der Waals surface area contributed by atoms with Crippen molar-refractivity contribution in [1.82, 2.24) is 4.90 Å². The molecule has 2 nitrogen and oxygen atoms in total. The van der Waals surface area contributed by atoms with Crippen molar-refractivity contribution in [3.63, 3.8) is 0 Å². The molecular weight excluding hydrogens is 289 g/mol. The Morgan fingerprint density at radius 2 is 1.43 bits per heavy atom. The number of nitrogens with zero attached hydrogens (tertiary/aromatic N) is 1. The van der Waals surface area contributed by atoms with E-state index in [1.165, 1.54) is 0 Å². The maximum atomic E-state index is 13.1. The summed E-state index contributed by atoms with van der Waals surface area (Å²) < 4.78 is 12.8. The molecule has 1 fully saturated rings. The van der Waals surface area contributed by atoms with Crippen LogP contribution in [-0.4, -0.2) is 30.6 Å². The van der Waals surface area contributed by atoms with E-state index in [9.17, 15) is 9.18 Å². The minimum atomic E-state index is -0.278. The third kappa shape index (κ3) is 3.61. The Bertz CT molecular complexity index is 581. The molecule has 3 rings (SSSR count). The molecule has 0 spiro atoms. The maximum absolute atomic E-state index is 13.1. The van der Waals surface area contributed by atoms with Crippen LogP contribution in [-0.2, 0) is 4.79 Å². The van der Waals surface area contributed by atoms with E-state index in [1.54, 1.807) is 0 Å². The van der Waals surface area contributed by atoms with E-state index < -0.39 is 0 Å². The molecule has 0 N–H and O–H groups in total. The zero-order valence-electron chi connectivity index (χ0n) is 13.2. The first-order chi connectivity index (χ1) is 11.3. The van der Waals surface area contributed by atoms with Crippen LogP contribution in [0.3, 0.4) is 0 Å². The highest BCUT2D eigenvalue weighted by molar-refractivity contribution is 5.87. The van der Waals surface area contributed by atoms with Gasteiger partial charge in [-0.1, -0.05) is 60.7 Å². The lowest BCUT2D eigenvalue weighted by molar-refractivity contribution is -0.133. The largest absolute Gasteiger partial charge is 0.342 e. The monoisotopic (exact) mass is 311 g/mol. The molecule has 1 aliphatic heterocycles. The molecule has 23 heavy (non-hydrogen) atoms. The van der Waals surface area contributed by atoms with Crippen LogP contribution >= 0.6 is 0 Å². The van der Waals surface area contributed by atoms with E-state index in [0.29, 0.717) is 13.1 Å². The highest BCUT2D eigenvalue weighted by Crippen LogP contribution is 2.29. The fourth-order valence-corrected chi connectivity index (χ4v) is 3.26. The molecule has 0 aliphatic carbocycles. The van der Waals surface area contributed by atoms with E-state index >= 15 is 0 Å². The standard InChI is InChI=1S/C20H22FNO/c21-15-16-11-13-22(14-12-16)20(23)19(17-7-3-1-4-8-17)18-9-5-2-6-10-18/h1-10,16,19H,11-15H2.